The molecule has 0 unspecified atom stereocenters. The summed E-state index contributed by atoms with van der Waals surface area (Å²) in [6, 6.07) is 0. The van der Waals surface area contributed by atoms with Crippen LogP contribution in [0.3, 0.4) is 0 Å². The van der Waals surface area contributed by atoms with Crippen LogP contribution in [0.5, 0.6) is 0 Å². The van der Waals surface area contributed by atoms with Crippen molar-refractivity contribution in [2.45, 2.75) is 27.2 Å². The molecule has 0 fully saturated rings. The van der Waals surface area contributed by atoms with Crippen LogP contribution in [-0.4, -0.2) is 0 Å². The third kappa shape index (κ3) is 2.36. The Balaban J connectivity index is 4.14. The summed E-state index contributed by atoms with van der Waals surface area (Å²) in [7, 11) is 0. The first-order valence-corrected chi connectivity index (χ1v) is 3.33. The third-order valence-corrected chi connectivity index (χ3v) is 1.41. The second-order valence-corrected chi connectivity index (χ2v) is 1.91. The first kappa shape index (κ1) is 8.28. The molecule has 0 aliphatic heterocycles. The lowest BCUT2D eigenvalue weighted by molar-refractivity contribution is 1.08. The van der Waals surface area contributed by atoms with E-state index in [9.17, 15) is 0 Å². The van der Waals surface area contributed by atoms with Crippen molar-refractivity contribution in [1.29, 1.82) is 0 Å². The summed E-state index contributed by atoms with van der Waals surface area (Å²) in [4.78, 5) is 0. The highest BCUT2D eigenvalue weighted by Gasteiger charge is 1.91. The minimum absolute atomic E-state index is 0.903. The van der Waals surface area contributed by atoms with Crippen molar-refractivity contribution in [1.82, 2.24) is 0 Å². The van der Waals surface area contributed by atoms with Gasteiger partial charge in [0.2, 0.25) is 0 Å². The van der Waals surface area contributed by atoms with Gasteiger partial charge in [-0.15, -0.1) is 0 Å². The minimum Gasteiger partial charge on any atom is -0.399 e. The lowest BCUT2D eigenvalue weighted by atomic mass is 10.1. The van der Waals surface area contributed by atoms with Gasteiger partial charge in [-0.3, -0.25) is 0 Å². The van der Waals surface area contributed by atoms with Crippen LogP contribution in [-0.2, 0) is 0 Å². The molecule has 2 N–H and O–H groups in total. The summed E-state index contributed by atoms with van der Waals surface area (Å²) in [5.74, 6) is 0. The van der Waals surface area contributed by atoms with Gasteiger partial charge in [0.15, 0.2) is 0 Å². The average Bonchev–Trinajstić information content (AvgIpc) is 1.90. The predicted molar refractivity (Wildman–Crippen MR) is 42.0 cm³/mol. The van der Waals surface area contributed by atoms with Gasteiger partial charge >= 0.3 is 0 Å². The fourth-order valence-corrected chi connectivity index (χ4v) is 0.760. The van der Waals surface area contributed by atoms with E-state index in [1.807, 2.05) is 19.9 Å². The molecule has 52 valence electrons. The molecule has 0 aliphatic carbocycles. The summed E-state index contributed by atoms with van der Waals surface area (Å²) in [6.45, 7) is 6.06. The fraction of sp³-hybridized carbons (Fsp3) is 0.500. The first-order chi connectivity index (χ1) is 4.26. The van der Waals surface area contributed by atoms with Crippen LogP contribution in [0.4, 0.5) is 0 Å². The third-order valence-electron chi connectivity index (χ3n) is 1.41. The Labute approximate surface area is 57.3 Å². The molecule has 0 saturated heterocycles. The van der Waals surface area contributed by atoms with Crippen LogP contribution in [0.25, 0.3) is 0 Å². The van der Waals surface area contributed by atoms with E-state index in [2.05, 4.69) is 13.0 Å². The molecule has 1 nitrogen and oxygen atoms in total. The zero-order chi connectivity index (χ0) is 7.28. The van der Waals surface area contributed by atoms with Gasteiger partial charge in [0.25, 0.3) is 0 Å². The highest BCUT2D eigenvalue weighted by Crippen LogP contribution is 2.06. The molecule has 9 heavy (non-hydrogen) atoms. The molecular formula is C8H15N. The number of hydrogen-bond donors (Lipinski definition) is 1. The Bertz CT molecular complexity index is 132. The fourth-order valence-electron chi connectivity index (χ4n) is 0.760. The van der Waals surface area contributed by atoms with E-state index >= 15 is 0 Å². The Morgan fingerprint density at radius 1 is 1.33 bits per heavy atom. The zero-order valence-electron chi connectivity index (χ0n) is 6.44. The van der Waals surface area contributed by atoms with E-state index in [4.69, 9.17) is 5.73 Å². The molecule has 0 radical (unpaired) electrons. The van der Waals surface area contributed by atoms with Crippen molar-refractivity contribution in [3.05, 3.63) is 23.4 Å². The molecule has 0 heterocycles. The Hall–Kier alpha value is -0.720. The van der Waals surface area contributed by atoms with Gasteiger partial charge < -0.3 is 5.73 Å². The molecule has 0 aliphatic rings. The number of rotatable bonds is 2. The van der Waals surface area contributed by atoms with E-state index in [1.54, 1.807) is 0 Å². The van der Waals surface area contributed by atoms with Gasteiger partial charge in [0.1, 0.15) is 0 Å². The molecule has 0 aromatic rings. The van der Waals surface area contributed by atoms with Gasteiger partial charge in [-0.2, -0.15) is 0 Å². The van der Waals surface area contributed by atoms with Crippen molar-refractivity contribution in [3.63, 3.8) is 0 Å². The van der Waals surface area contributed by atoms with Crippen LogP contribution >= 0.6 is 0 Å². The number of allylic oxidation sites excluding steroid dienone is 3. The predicted octanol–water partition coefficient (Wildman–Crippen LogP) is 2.21. The highest BCUT2D eigenvalue weighted by molar-refractivity contribution is 5.26. The summed E-state index contributed by atoms with van der Waals surface area (Å²) in [5, 5.41) is 0. The number of nitrogens with two attached hydrogens (primary N) is 1. The first-order valence-electron chi connectivity index (χ1n) is 3.33. The monoisotopic (exact) mass is 125 g/mol. The van der Waals surface area contributed by atoms with Crippen molar-refractivity contribution in [2.24, 2.45) is 5.73 Å². The topological polar surface area (TPSA) is 26.0 Å². The number of hydrogen-bond acceptors (Lipinski definition) is 1. The van der Waals surface area contributed by atoms with Crippen LogP contribution in [0.1, 0.15) is 27.2 Å². The maximum atomic E-state index is 5.63. The van der Waals surface area contributed by atoms with Crippen molar-refractivity contribution < 1.29 is 0 Å². The Kier molecular flexibility index (Phi) is 3.85. The SMILES string of the molecule is C/C=C(CC)\C(N)=C/C. The van der Waals surface area contributed by atoms with Crippen molar-refractivity contribution >= 4 is 0 Å². The van der Waals surface area contributed by atoms with Gasteiger partial charge in [-0.1, -0.05) is 19.1 Å². The van der Waals surface area contributed by atoms with Crippen LogP contribution in [0.15, 0.2) is 23.4 Å². The normalized spacial score (nSPS) is 14.1. The molecular weight excluding hydrogens is 110 g/mol. The van der Waals surface area contributed by atoms with Crippen molar-refractivity contribution in [2.75, 3.05) is 0 Å². The second kappa shape index (κ2) is 4.19. The van der Waals surface area contributed by atoms with Gasteiger partial charge in [0, 0.05) is 5.70 Å². The maximum Gasteiger partial charge on any atom is 0.0299 e. The molecule has 0 atom stereocenters. The molecule has 0 aromatic heterocycles. The summed E-state index contributed by atoms with van der Waals surface area (Å²) in [6.07, 6.45) is 5.00. The smallest absolute Gasteiger partial charge is 0.0299 e. The largest absolute Gasteiger partial charge is 0.399 e. The average molecular weight is 125 g/mol. The molecule has 1 heteroatoms. The van der Waals surface area contributed by atoms with Crippen LogP contribution < -0.4 is 5.73 Å². The van der Waals surface area contributed by atoms with Gasteiger partial charge in [0.05, 0.1) is 0 Å². The lowest BCUT2D eigenvalue weighted by Gasteiger charge is -2.01. The maximum absolute atomic E-state index is 5.63. The van der Waals surface area contributed by atoms with Crippen molar-refractivity contribution in [3.8, 4) is 0 Å². The van der Waals surface area contributed by atoms with E-state index < -0.39 is 0 Å². The molecule has 0 saturated carbocycles. The molecule has 0 bridgehead atoms. The van der Waals surface area contributed by atoms with Gasteiger partial charge in [-0.25, -0.2) is 0 Å². The van der Waals surface area contributed by atoms with E-state index in [0.29, 0.717) is 0 Å². The standard InChI is InChI=1S/C8H15N/c1-4-7(5-2)8(9)6-3/h4,6H,5,9H2,1-3H3/b7-4-,8-6+. The quantitative estimate of drug-likeness (QED) is 0.562. The summed E-state index contributed by atoms with van der Waals surface area (Å²) < 4.78 is 0. The van der Waals surface area contributed by atoms with E-state index in [0.717, 1.165) is 12.1 Å². The highest BCUT2D eigenvalue weighted by atomic mass is 14.6. The molecule has 0 spiro atoms. The minimum atomic E-state index is 0.903. The summed E-state index contributed by atoms with van der Waals surface area (Å²) in [5.41, 5.74) is 7.77. The van der Waals surface area contributed by atoms with Crippen LogP contribution in [0, 0.1) is 0 Å². The molecule has 0 amide bonds. The molecule has 0 aromatic carbocycles. The van der Waals surface area contributed by atoms with Gasteiger partial charge in [-0.05, 0) is 25.8 Å². The second-order valence-electron chi connectivity index (χ2n) is 1.91. The lowest BCUT2D eigenvalue weighted by Crippen LogP contribution is -1.98. The zero-order valence-corrected chi connectivity index (χ0v) is 6.44. The van der Waals surface area contributed by atoms with Crippen LogP contribution in [0.2, 0.25) is 0 Å². The molecule has 0 rings (SSSR count). The van der Waals surface area contributed by atoms with E-state index in [-0.39, 0.29) is 0 Å². The van der Waals surface area contributed by atoms with E-state index in [1.165, 1.54) is 5.57 Å². The summed E-state index contributed by atoms with van der Waals surface area (Å²) >= 11 is 0. The Morgan fingerprint density at radius 2 is 1.89 bits per heavy atom. The Morgan fingerprint density at radius 3 is 2.00 bits per heavy atom.